The molecule has 0 spiro atoms. The molecule has 0 aromatic rings. The molecule has 6 nitrogen and oxygen atoms in total. The number of rotatable bonds is 0. The van der Waals surface area contributed by atoms with Gasteiger partial charge < -0.3 is 20.8 Å². The lowest BCUT2D eigenvalue weighted by Crippen LogP contribution is -2.13. The zero-order valence-corrected chi connectivity index (χ0v) is 9.69. The smallest absolute Gasteiger partial charge is 0.404 e. The van der Waals surface area contributed by atoms with Crippen LogP contribution in [0.5, 0.6) is 0 Å². The van der Waals surface area contributed by atoms with Crippen LogP contribution in [0.15, 0.2) is 12.2 Å². The van der Waals surface area contributed by atoms with Crippen LogP contribution in [0.25, 0.3) is 0 Å². The van der Waals surface area contributed by atoms with Crippen molar-refractivity contribution in [1.29, 1.82) is 0 Å². The van der Waals surface area contributed by atoms with E-state index in [-0.39, 0.29) is 0 Å². The third-order valence-corrected chi connectivity index (χ3v) is 1.59. The topological polar surface area (TPSA) is 98.7 Å². The van der Waals surface area contributed by atoms with Gasteiger partial charge in [0.05, 0.1) is 0 Å². The lowest BCUT2D eigenvalue weighted by Gasteiger charge is -1.97. The van der Waals surface area contributed by atoms with E-state index in [2.05, 4.69) is 12.2 Å². The van der Waals surface area contributed by atoms with Crippen molar-refractivity contribution >= 4 is 12.2 Å². The minimum atomic E-state index is -0.995. The summed E-state index contributed by atoms with van der Waals surface area (Å²) in [7, 11) is 2.70. The zero-order valence-electron chi connectivity index (χ0n) is 9.69. The van der Waals surface area contributed by atoms with Gasteiger partial charge in [-0.05, 0) is 25.7 Å². The Bertz CT molecular complexity index is 195. The summed E-state index contributed by atoms with van der Waals surface area (Å²) in [6, 6.07) is 0. The summed E-state index contributed by atoms with van der Waals surface area (Å²) >= 11 is 0. The highest BCUT2D eigenvalue weighted by Gasteiger charge is 1.87. The Labute approximate surface area is 95.4 Å². The van der Waals surface area contributed by atoms with Crippen molar-refractivity contribution in [2.75, 3.05) is 14.1 Å². The van der Waals surface area contributed by atoms with Crippen molar-refractivity contribution in [1.82, 2.24) is 10.6 Å². The minimum absolute atomic E-state index is 0.995. The highest BCUT2D eigenvalue weighted by molar-refractivity contribution is 5.63. The molecule has 0 unspecified atom stereocenters. The number of nitrogens with one attached hydrogen (secondary N) is 2. The predicted octanol–water partition coefficient (Wildman–Crippen LogP) is 1.88. The molecule has 1 rings (SSSR count). The molecule has 2 amide bonds. The molecule has 16 heavy (non-hydrogen) atoms. The molecule has 0 saturated carbocycles. The summed E-state index contributed by atoms with van der Waals surface area (Å²) in [5, 5.41) is 19.1. The fourth-order valence-electron chi connectivity index (χ4n) is 0.760. The molecule has 4 N–H and O–H groups in total. The number of hydrogen-bond donors (Lipinski definition) is 4. The van der Waals surface area contributed by atoms with E-state index in [1.54, 1.807) is 0 Å². The monoisotopic (exact) mass is 232 g/mol. The van der Waals surface area contributed by atoms with E-state index in [4.69, 9.17) is 10.2 Å². The Morgan fingerprint density at radius 2 is 1.19 bits per heavy atom. The quantitative estimate of drug-likeness (QED) is 0.479. The predicted molar refractivity (Wildman–Crippen MR) is 61.8 cm³/mol. The molecule has 0 saturated heterocycles. The lowest BCUT2D eigenvalue weighted by molar-refractivity contribution is 0.196. The van der Waals surface area contributed by atoms with Gasteiger partial charge in [0, 0.05) is 14.1 Å². The molecule has 94 valence electrons. The molecule has 0 radical (unpaired) electrons. The van der Waals surface area contributed by atoms with Gasteiger partial charge in [0.2, 0.25) is 0 Å². The molecule has 1 aliphatic rings. The summed E-state index contributed by atoms with van der Waals surface area (Å²) in [5.74, 6) is 0. The van der Waals surface area contributed by atoms with Crippen molar-refractivity contribution in [2.24, 2.45) is 0 Å². The average Bonchev–Trinajstić information content (AvgIpc) is 2.32. The number of carboxylic acid groups (broad SMARTS) is 2. The Balaban J connectivity index is 0. The second-order valence-electron chi connectivity index (χ2n) is 2.87. The Hall–Kier alpha value is -1.72. The van der Waals surface area contributed by atoms with Crippen LogP contribution >= 0.6 is 0 Å². The first-order valence-electron chi connectivity index (χ1n) is 5.01. The maximum absolute atomic E-state index is 9.26. The van der Waals surface area contributed by atoms with Crippen LogP contribution in [0, 0.1) is 0 Å². The summed E-state index contributed by atoms with van der Waals surface area (Å²) in [5.41, 5.74) is 0. The van der Waals surface area contributed by atoms with Crippen LogP contribution in [0.1, 0.15) is 25.7 Å². The van der Waals surface area contributed by atoms with Crippen LogP contribution < -0.4 is 10.6 Å². The SMILES string of the molecule is C1=CCCCC1.CNC(=O)O.CNC(=O)O. The maximum atomic E-state index is 9.26. The van der Waals surface area contributed by atoms with Gasteiger partial charge in [0.25, 0.3) is 0 Å². The summed E-state index contributed by atoms with van der Waals surface area (Å²) in [6.07, 6.45) is 8.01. The molecule has 0 aromatic carbocycles. The largest absolute Gasteiger partial charge is 0.465 e. The lowest BCUT2D eigenvalue weighted by atomic mass is 10.1. The molecule has 0 atom stereocenters. The van der Waals surface area contributed by atoms with Crippen LogP contribution in [0.3, 0.4) is 0 Å². The van der Waals surface area contributed by atoms with Gasteiger partial charge in [-0.2, -0.15) is 0 Å². The summed E-state index contributed by atoms with van der Waals surface area (Å²) in [6.45, 7) is 0. The van der Waals surface area contributed by atoms with Gasteiger partial charge in [0.1, 0.15) is 0 Å². The second-order valence-corrected chi connectivity index (χ2v) is 2.87. The fourth-order valence-corrected chi connectivity index (χ4v) is 0.760. The van der Waals surface area contributed by atoms with E-state index in [0.29, 0.717) is 0 Å². The van der Waals surface area contributed by atoms with E-state index in [9.17, 15) is 9.59 Å². The van der Waals surface area contributed by atoms with Gasteiger partial charge in [-0.3, -0.25) is 0 Å². The molecular weight excluding hydrogens is 212 g/mol. The van der Waals surface area contributed by atoms with E-state index in [1.807, 2.05) is 10.6 Å². The summed E-state index contributed by atoms with van der Waals surface area (Å²) in [4.78, 5) is 18.5. The normalized spacial score (nSPS) is 12.1. The number of allylic oxidation sites excluding steroid dienone is 2. The Morgan fingerprint density at radius 1 is 0.938 bits per heavy atom. The molecule has 0 bridgehead atoms. The number of amides is 2. The maximum Gasteiger partial charge on any atom is 0.404 e. The van der Waals surface area contributed by atoms with Crippen LogP contribution in [-0.2, 0) is 0 Å². The van der Waals surface area contributed by atoms with Crippen LogP contribution in [0.2, 0.25) is 0 Å². The minimum Gasteiger partial charge on any atom is -0.465 e. The Kier molecular flexibility index (Phi) is 13.9. The van der Waals surface area contributed by atoms with Gasteiger partial charge in [-0.15, -0.1) is 0 Å². The number of hydrogen-bond acceptors (Lipinski definition) is 2. The van der Waals surface area contributed by atoms with E-state index >= 15 is 0 Å². The molecule has 6 heteroatoms. The van der Waals surface area contributed by atoms with Crippen molar-refractivity contribution < 1.29 is 19.8 Å². The van der Waals surface area contributed by atoms with Crippen LogP contribution in [0.4, 0.5) is 9.59 Å². The first kappa shape index (κ1) is 16.7. The highest BCUT2D eigenvalue weighted by atomic mass is 16.4. The van der Waals surface area contributed by atoms with Crippen LogP contribution in [-0.4, -0.2) is 36.5 Å². The van der Waals surface area contributed by atoms with Gasteiger partial charge in [0.15, 0.2) is 0 Å². The molecule has 0 fully saturated rings. The van der Waals surface area contributed by atoms with Gasteiger partial charge in [-0.25, -0.2) is 9.59 Å². The van der Waals surface area contributed by atoms with E-state index in [1.165, 1.54) is 39.8 Å². The second kappa shape index (κ2) is 13.3. The third kappa shape index (κ3) is 22.8. The first-order valence-corrected chi connectivity index (χ1v) is 5.01. The molecule has 0 heterocycles. The summed E-state index contributed by atoms with van der Waals surface area (Å²) < 4.78 is 0. The third-order valence-electron chi connectivity index (χ3n) is 1.59. The van der Waals surface area contributed by atoms with Crippen molar-refractivity contribution in [3.8, 4) is 0 Å². The molecule has 0 aliphatic heterocycles. The van der Waals surface area contributed by atoms with Crippen molar-refractivity contribution in [3.63, 3.8) is 0 Å². The molecular formula is C10H20N2O4. The van der Waals surface area contributed by atoms with Gasteiger partial charge >= 0.3 is 12.2 Å². The van der Waals surface area contributed by atoms with E-state index < -0.39 is 12.2 Å². The first-order chi connectivity index (χ1) is 7.54. The van der Waals surface area contributed by atoms with Crippen molar-refractivity contribution in [3.05, 3.63) is 12.2 Å². The average molecular weight is 232 g/mol. The molecule has 0 aromatic heterocycles. The Morgan fingerprint density at radius 3 is 1.25 bits per heavy atom. The standard InChI is InChI=1S/C6H10.2C2H5NO2/c1-2-4-6-5-3-1;2*1-3-2(4)5/h1-2H,3-6H2;2*3H,1H3,(H,4,5). The van der Waals surface area contributed by atoms with E-state index in [0.717, 1.165) is 0 Å². The number of carbonyl (C=O) groups is 2. The van der Waals surface area contributed by atoms with Gasteiger partial charge in [-0.1, -0.05) is 12.2 Å². The highest BCUT2D eigenvalue weighted by Crippen LogP contribution is 2.07. The zero-order chi connectivity index (χ0) is 12.8. The fraction of sp³-hybridized carbons (Fsp3) is 0.600. The molecule has 1 aliphatic carbocycles. The van der Waals surface area contributed by atoms with Crippen molar-refractivity contribution in [2.45, 2.75) is 25.7 Å².